The van der Waals surface area contributed by atoms with Gasteiger partial charge >= 0.3 is 0 Å². The lowest BCUT2D eigenvalue weighted by molar-refractivity contribution is -0.132. The van der Waals surface area contributed by atoms with Gasteiger partial charge in [0.05, 0.1) is 18.7 Å². The molecule has 1 atom stereocenters. The number of aromatic nitrogens is 1. The van der Waals surface area contributed by atoms with Crippen LogP contribution in [-0.4, -0.2) is 28.9 Å². The van der Waals surface area contributed by atoms with E-state index in [1.165, 1.54) is 12.0 Å². The summed E-state index contributed by atoms with van der Waals surface area (Å²) >= 11 is 0. The van der Waals surface area contributed by atoms with Gasteiger partial charge in [-0.05, 0) is 54.8 Å². The zero-order valence-corrected chi connectivity index (χ0v) is 17.5. The Morgan fingerprint density at radius 3 is 2.58 bits per heavy atom. The van der Waals surface area contributed by atoms with Crippen molar-refractivity contribution < 1.29 is 19.4 Å². The van der Waals surface area contributed by atoms with Crippen LogP contribution >= 0.6 is 0 Å². The number of benzene rings is 2. The lowest BCUT2D eigenvalue weighted by Crippen LogP contribution is -2.30. The van der Waals surface area contributed by atoms with E-state index < -0.39 is 17.7 Å². The Morgan fingerprint density at radius 2 is 1.87 bits per heavy atom. The van der Waals surface area contributed by atoms with Gasteiger partial charge in [-0.15, -0.1) is 0 Å². The smallest absolute Gasteiger partial charge is 0.300 e. The number of amides is 1. The number of aliphatic hydroxyl groups is 1. The first-order valence-corrected chi connectivity index (χ1v) is 9.85. The van der Waals surface area contributed by atoms with Crippen molar-refractivity contribution in [2.45, 2.75) is 19.9 Å². The molecular formula is C25H22N2O4. The van der Waals surface area contributed by atoms with Crippen molar-refractivity contribution in [3.63, 3.8) is 0 Å². The quantitative estimate of drug-likeness (QED) is 0.390. The minimum atomic E-state index is -0.805. The fourth-order valence-electron chi connectivity index (χ4n) is 3.84. The molecule has 3 aromatic rings. The molecule has 1 aliphatic rings. The molecule has 4 rings (SSSR count). The number of carbonyl (C=O) groups excluding carboxylic acids is 2. The Kier molecular flexibility index (Phi) is 5.29. The first-order chi connectivity index (χ1) is 14.9. The fraction of sp³-hybridized carbons (Fsp3) is 0.160. The highest BCUT2D eigenvalue weighted by Gasteiger charge is 2.47. The maximum atomic E-state index is 13.2. The molecule has 2 aromatic carbocycles. The zero-order chi connectivity index (χ0) is 22.1. The van der Waals surface area contributed by atoms with E-state index in [2.05, 4.69) is 4.98 Å². The van der Waals surface area contributed by atoms with Crippen LogP contribution in [0.2, 0.25) is 0 Å². The van der Waals surface area contributed by atoms with Crippen LogP contribution in [0.4, 0.5) is 5.69 Å². The molecule has 156 valence electrons. The van der Waals surface area contributed by atoms with E-state index in [1.807, 2.05) is 32.0 Å². The monoisotopic (exact) mass is 414 g/mol. The number of aryl methyl sites for hydroxylation is 2. The minimum absolute atomic E-state index is 0.0205. The predicted molar refractivity (Wildman–Crippen MR) is 118 cm³/mol. The number of aliphatic hydroxyl groups excluding tert-OH is 1. The van der Waals surface area contributed by atoms with Gasteiger partial charge in [0, 0.05) is 23.6 Å². The average Bonchev–Trinajstić information content (AvgIpc) is 3.06. The van der Waals surface area contributed by atoms with Crippen molar-refractivity contribution in [1.29, 1.82) is 0 Å². The molecular weight excluding hydrogens is 392 g/mol. The SMILES string of the molecule is COc1cccc(/C(O)=C2\C(=O)C(=O)N(c3cc(C)ccc3C)C2c2cccnc2)c1. The number of anilines is 1. The number of nitrogens with zero attached hydrogens (tertiary/aromatic N) is 2. The van der Waals surface area contributed by atoms with Crippen molar-refractivity contribution in [1.82, 2.24) is 4.98 Å². The van der Waals surface area contributed by atoms with Crippen LogP contribution < -0.4 is 9.64 Å². The third-order valence-corrected chi connectivity index (χ3v) is 5.41. The standard InChI is InChI=1S/C25H22N2O4/c1-15-9-10-16(2)20(12-15)27-22(18-7-5-11-26-14-18)21(24(29)25(27)30)23(28)17-6-4-8-19(13-17)31-3/h4-14,22,28H,1-3H3/b23-21+. The van der Waals surface area contributed by atoms with Gasteiger partial charge < -0.3 is 9.84 Å². The average molecular weight is 414 g/mol. The maximum Gasteiger partial charge on any atom is 0.300 e. The predicted octanol–water partition coefficient (Wildman–Crippen LogP) is 4.33. The van der Waals surface area contributed by atoms with Gasteiger partial charge in [-0.2, -0.15) is 0 Å². The highest BCUT2D eigenvalue weighted by molar-refractivity contribution is 6.51. The van der Waals surface area contributed by atoms with Gasteiger partial charge in [0.25, 0.3) is 11.7 Å². The first-order valence-electron chi connectivity index (χ1n) is 9.85. The maximum absolute atomic E-state index is 13.2. The third-order valence-electron chi connectivity index (χ3n) is 5.41. The van der Waals surface area contributed by atoms with E-state index in [-0.39, 0.29) is 11.3 Å². The van der Waals surface area contributed by atoms with E-state index in [9.17, 15) is 14.7 Å². The van der Waals surface area contributed by atoms with Crippen LogP contribution in [0.3, 0.4) is 0 Å². The summed E-state index contributed by atoms with van der Waals surface area (Å²) in [7, 11) is 1.52. The van der Waals surface area contributed by atoms with E-state index in [1.54, 1.807) is 48.8 Å². The van der Waals surface area contributed by atoms with Crippen molar-refractivity contribution in [2.75, 3.05) is 12.0 Å². The van der Waals surface area contributed by atoms with Gasteiger partial charge in [-0.1, -0.05) is 30.3 Å². The number of rotatable bonds is 4. The van der Waals surface area contributed by atoms with E-state index >= 15 is 0 Å². The molecule has 0 aliphatic carbocycles. The summed E-state index contributed by atoms with van der Waals surface area (Å²) < 4.78 is 5.24. The normalized spacial score (nSPS) is 17.8. The number of ketones is 1. The summed E-state index contributed by atoms with van der Waals surface area (Å²) in [4.78, 5) is 32.0. The molecule has 0 spiro atoms. The second kappa shape index (κ2) is 8.07. The highest BCUT2D eigenvalue weighted by atomic mass is 16.5. The number of pyridine rings is 1. The molecule has 0 saturated carbocycles. The van der Waals surface area contributed by atoms with Crippen molar-refractivity contribution in [2.24, 2.45) is 0 Å². The molecule has 1 aliphatic heterocycles. The Hall–Kier alpha value is -3.93. The number of hydrogen-bond donors (Lipinski definition) is 1. The third kappa shape index (κ3) is 3.57. The molecule has 0 bridgehead atoms. The lowest BCUT2D eigenvalue weighted by Gasteiger charge is -2.27. The largest absolute Gasteiger partial charge is 0.507 e. The molecule has 1 amide bonds. The fourth-order valence-corrected chi connectivity index (χ4v) is 3.84. The number of Topliss-reactive ketones (excluding diaryl/α,β-unsaturated/α-hetero) is 1. The molecule has 2 heterocycles. The number of carbonyl (C=O) groups is 2. The Labute approximate surface area is 180 Å². The van der Waals surface area contributed by atoms with Crippen LogP contribution in [0.15, 0.2) is 72.6 Å². The van der Waals surface area contributed by atoms with Crippen LogP contribution in [0.5, 0.6) is 5.75 Å². The molecule has 1 aromatic heterocycles. The van der Waals surface area contributed by atoms with Gasteiger partial charge in [-0.3, -0.25) is 19.5 Å². The highest BCUT2D eigenvalue weighted by Crippen LogP contribution is 2.43. The number of hydrogen-bond acceptors (Lipinski definition) is 5. The summed E-state index contributed by atoms with van der Waals surface area (Å²) in [6.45, 7) is 3.81. The Morgan fingerprint density at radius 1 is 1.06 bits per heavy atom. The van der Waals surface area contributed by atoms with Crippen LogP contribution in [0.1, 0.15) is 28.3 Å². The number of methoxy groups -OCH3 is 1. The molecule has 0 radical (unpaired) electrons. The lowest BCUT2D eigenvalue weighted by atomic mass is 9.95. The van der Waals surface area contributed by atoms with Crippen molar-refractivity contribution in [3.05, 3.63) is 94.8 Å². The van der Waals surface area contributed by atoms with Crippen molar-refractivity contribution in [3.8, 4) is 5.75 Å². The second-order valence-corrected chi connectivity index (χ2v) is 7.48. The summed E-state index contributed by atoms with van der Waals surface area (Å²) in [6.07, 6.45) is 3.23. The molecule has 31 heavy (non-hydrogen) atoms. The van der Waals surface area contributed by atoms with Gasteiger partial charge in [-0.25, -0.2) is 0 Å². The van der Waals surface area contributed by atoms with Crippen LogP contribution in [0, 0.1) is 13.8 Å². The van der Waals surface area contributed by atoms with E-state index in [4.69, 9.17) is 4.74 Å². The zero-order valence-electron chi connectivity index (χ0n) is 17.5. The molecule has 6 heteroatoms. The Bertz CT molecular complexity index is 1200. The molecule has 1 N–H and O–H groups in total. The van der Waals surface area contributed by atoms with Gasteiger partial charge in [0.1, 0.15) is 11.5 Å². The van der Waals surface area contributed by atoms with Gasteiger partial charge in [0.2, 0.25) is 0 Å². The summed E-state index contributed by atoms with van der Waals surface area (Å²) in [6, 6.07) is 15.2. The molecule has 1 unspecified atom stereocenters. The summed E-state index contributed by atoms with van der Waals surface area (Å²) in [5, 5.41) is 11.2. The first kappa shape index (κ1) is 20.3. The summed E-state index contributed by atoms with van der Waals surface area (Å²) in [5.74, 6) is -1.15. The van der Waals surface area contributed by atoms with Crippen LogP contribution in [-0.2, 0) is 9.59 Å². The Balaban J connectivity index is 1.97. The second-order valence-electron chi connectivity index (χ2n) is 7.48. The molecule has 1 fully saturated rings. The minimum Gasteiger partial charge on any atom is -0.507 e. The summed E-state index contributed by atoms with van der Waals surface area (Å²) in [5.41, 5.74) is 3.48. The van der Waals surface area contributed by atoms with Crippen LogP contribution in [0.25, 0.3) is 5.76 Å². The van der Waals surface area contributed by atoms with Gasteiger partial charge in [0.15, 0.2) is 0 Å². The number of ether oxygens (including phenoxy) is 1. The van der Waals surface area contributed by atoms with E-state index in [0.717, 1.165) is 11.1 Å². The topological polar surface area (TPSA) is 79.7 Å². The van der Waals surface area contributed by atoms with E-state index in [0.29, 0.717) is 22.6 Å². The van der Waals surface area contributed by atoms with Crippen molar-refractivity contribution >= 4 is 23.1 Å². The molecule has 6 nitrogen and oxygen atoms in total. The molecule has 1 saturated heterocycles.